The molecule has 0 saturated heterocycles. The van der Waals surface area contributed by atoms with E-state index in [4.69, 9.17) is 27.2 Å². The summed E-state index contributed by atoms with van der Waals surface area (Å²) in [4.78, 5) is 27.0. The van der Waals surface area contributed by atoms with Gasteiger partial charge in [0.1, 0.15) is 5.69 Å². The first-order chi connectivity index (χ1) is 13.5. The Morgan fingerprint density at radius 3 is 2.52 bits per heavy atom. The molecule has 1 amide bonds. The third kappa shape index (κ3) is 5.78. The third-order valence-corrected chi connectivity index (χ3v) is 4.20. The summed E-state index contributed by atoms with van der Waals surface area (Å²) in [6.45, 7) is 0. The van der Waals surface area contributed by atoms with Crippen LogP contribution in [0.3, 0.4) is 0 Å². The minimum atomic E-state index is -5.08. The number of rotatable bonds is 3. The molecule has 29 heavy (non-hydrogen) atoms. The van der Waals surface area contributed by atoms with Gasteiger partial charge in [0, 0.05) is 19.3 Å². The second kappa shape index (κ2) is 9.05. The number of pyridine rings is 1. The Hall–Kier alpha value is -2.92. The average Bonchev–Trinajstić information content (AvgIpc) is 3.27. The summed E-state index contributed by atoms with van der Waals surface area (Å²) >= 11 is 6.18. The standard InChI is InChI=1S/C15H16ClN5O.C2HF3O2/c1-20(15(22)10-4-5-11(17)7-10)13-9-21(19-14(13)16)12-3-2-6-18-8-12;3-2(4,5)1(6)7/h2-6,8-11H,7,17H2,1H3;(H,6,7)/t10-,11+;/m1./s1. The lowest BCUT2D eigenvalue weighted by Gasteiger charge is -2.19. The van der Waals surface area contributed by atoms with Crippen molar-refractivity contribution >= 4 is 29.2 Å². The highest BCUT2D eigenvalue weighted by Gasteiger charge is 2.38. The van der Waals surface area contributed by atoms with E-state index in [2.05, 4.69) is 10.1 Å². The van der Waals surface area contributed by atoms with E-state index in [1.165, 1.54) is 4.90 Å². The number of hydrogen-bond donors (Lipinski definition) is 2. The highest BCUT2D eigenvalue weighted by Crippen LogP contribution is 2.28. The van der Waals surface area contributed by atoms with E-state index < -0.39 is 12.1 Å². The largest absolute Gasteiger partial charge is 0.490 e. The Kier molecular flexibility index (Phi) is 6.98. The number of aliphatic carboxylic acids is 1. The number of alkyl halides is 3. The van der Waals surface area contributed by atoms with Gasteiger partial charge in [-0.3, -0.25) is 9.78 Å². The Balaban J connectivity index is 0.000000370. The van der Waals surface area contributed by atoms with Gasteiger partial charge in [0.15, 0.2) is 5.15 Å². The number of carboxylic acid groups (broad SMARTS) is 1. The second-order valence-electron chi connectivity index (χ2n) is 6.05. The number of amides is 1. The van der Waals surface area contributed by atoms with Crippen molar-refractivity contribution in [3.63, 3.8) is 0 Å². The van der Waals surface area contributed by atoms with E-state index >= 15 is 0 Å². The third-order valence-electron chi connectivity index (χ3n) is 3.93. The fraction of sp³-hybridized carbons (Fsp3) is 0.294. The molecule has 2 heterocycles. The zero-order valence-electron chi connectivity index (χ0n) is 15.0. The lowest BCUT2D eigenvalue weighted by Crippen LogP contribution is -2.32. The van der Waals surface area contributed by atoms with Gasteiger partial charge in [-0.15, -0.1) is 0 Å². The molecule has 156 valence electrons. The number of halogens is 4. The monoisotopic (exact) mass is 431 g/mol. The summed E-state index contributed by atoms with van der Waals surface area (Å²) in [5.41, 5.74) is 7.14. The minimum absolute atomic E-state index is 0.0446. The number of carboxylic acids is 1. The van der Waals surface area contributed by atoms with Gasteiger partial charge in [-0.2, -0.15) is 18.3 Å². The van der Waals surface area contributed by atoms with Crippen LogP contribution in [-0.4, -0.2) is 51.0 Å². The number of aromatic nitrogens is 3. The van der Waals surface area contributed by atoms with Crippen LogP contribution in [0.5, 0.6) is 0 Å². The maximum absolute atomic E-state index is 12.5. The molecule has 2 atom stereocenters. The second-order valence-corrected chi connectivity index (χ2v) is 6.41. The van der Waals surface area contributed by atoms with Gasteiger partial charge in [-0.25, -0.2) is 9.48 Å². The molecule has 1 aliphatic rings. The molecule has 0 aliphatic heterocycles. The van der Waals surface area contributed by atoms with Crippen LogP contribution in [0.1, 0.15) is 6.42 Å². The normalized spacial score (nSPS) is 18.1. The van der Waals surface area contributed by atoms with E-state index in [1.807, 2.05) is 24.3 Å². The molecule has 12 heteroatoms. The molecule has 3 rings (SSSR count). The van der Waals surface area contributed by atoms with Gasteiger partial charge in [-0.1, -0.05) is 23.8 Å². The van der Waals surface area contributed by atoms with Crippen LogP contribution in [0, 0.1) is 5.92 Å². The SMILES string of the molecule is CN(C(=O)[C@@H]1C=C[C@H](N)C1)c1cn(-c2cccnc2)nc1Cl.O=C(O)C(F)(F)F. The zero-order valence-corrected chi connectivity index (χ0v) is 15.8. The number of carbonyl (C=O) groups excluding carboxylic acids is 1. The maximum Gasteiger partial charge on any atom is 0.490 e. The van der Waals surface area contributed by atoms with Crippen LogP contribution in [0.25, 0.3) is 5.69 Å². The van der Waals surface area contributed by atoms with E-state index in [-0.39, 0.29) is 23.0 Å². The van der Waals surface area contributed by atoms with Crippen molar-refractivity contribution in [2.24, 2.45) is 11.7 Å². The summed E-state index contributed by atoms with van der Waals surface area (Å²) in [5.74, 6) is -3.01. The molecular formula is C17H17ClF3N5O3. The number of hydrogen-bond acceptors (Lipinski definition) is 5. The first-order valence-corrected chi connectivity index (χ1v) is 8.55. The summed E-state index contributed by atoms with van der Waals surface area (Å²) < 4.78 is 33.3. The Morgan fingerprint density at radius 1 is 1.38 bits per heavy atom. The van der Waals surface area contributed by atoms with Gasteiger partial charge >= 0.3 is 12.1 Å². The van der Waals surface area contributed by atoms with Crippen LogP contribution in [-0.2, 0) is 9.59 Å². The van der Waals surface area contributed by atoms with Crippen molar-refractivity contribution in [1.29, 1.82) is 0 Å². The van der Waals surface area contributed by atoms with Crippen molar-refractivity contribution in [2.75, 3.05) is 11.9 Å². The van der Waals surface area contributed by atoms with Crippen molar-refractivity contribution in [2.45, 2.75) is 18.6 Å². The van der Waals surface area contributed by atoms with Crippen LogP contribution < -0.4 is 10.6 Å². The molecule has 0 aromatic carbocycles. The maximum atomic E-state index is 12.5. The van der Waals surface area contributed by atoms with Crippen LogP contribution in [0.15, 0.2) is 42.9 Å². The topological polar surface area (TPSA) is 114 Å². The predicted octanol–water partition coefficient (Wildman–Crippen LogP) is 2.42. The molecule has 1 aliphatic carbocycles. The smallest absolute Gasteiger partial charge is 0.475 e. The van der Waals surface area contributed by atoms with Crippen molar-refractivity contribution in [1.82, 2.24) is 14.8 Å². The fourth-order valence-electron chi connectivity index (χ4n) is 2.47. The highest BCUT2D eigenvalue weighted by atomic mass is 35.5. The fourth-order valence-corrected chi connectivity index (χ4v) is 2.73. The molecule has 2 aromatic rings. The molecular weight excluding hydrogens is 415 g/mol. The lowest BCUT2D eigenvalue weighted by atomic mass is 10.1. The average molecular weight is 432 g/mol. The Bertz CT molecular complexity index is 901. The van der Waals surface area contributed by atoms with E-state index in [0.29, 0.717) is 12.1 Å². The van der Waals surface area contributed by atoms with Gasteiger partial charge < -0.3 is 15.7 Å². The molecule has 0 saturated carbocycles. The van der Waals surface area contributed by atoms with Crippen molar-refractivity contribution in [3.05, 3.63) is 48.0 Å². The van der Waals surface area contributed by atoms with Crippen molar-refractivity contribution in [3.8, 4) is 5.69 Å². The van der Waals surface area contributed by atoms with Gasteiger partial charge in [0.25, 0.3) is 0 Å². The first kappa shape index (κ1) is 22.4. The van der Waals surface area contributed by atoms with E-state index in [1.54, 1.807) is 30.3 Å². The lowest BCUT2D eigenvalue weighted by molar-refractivity contribution is -0.192. The first-order valence-electron chi connectivity index (χ1n) is 8.18. The molecule has 0 fully saturated rings. The van der Waals surface area contributed by atoms with Crippen LogP contribution in [0.2, 0.25) is 5.15 Å². The number of anilines is 1. The molecule has 3 N–H and O–H groups in total. The summed E-state index contributed by atoms with van der Waals surface area (Å²) in [6.07, 6.45) is 4.32. The zero-order chi connectivity index (χ0) is 21.8. The van der Waals surface area contributed by atoms with E-state index in [0.717, 1.165) is 5.69 Å². The molecule has 0 bridgehead atoms. The number of carbonyl (C=O) groups is 2. The molecule has 0 radical (unpaired) electrons. The summed E-state index contributed by atoms with van der Waals surface area (Å²) in [7, 11) is 1.69. The quantitative estimate of drug-likeness (QED) is 0.721. The number of nitrogens with zero attached hydrogens (tertiary/aromatic N) is 4. The van der Waals surface area contributed by atoms with Crippen LogP contribution in [0.4, 0.5) is 18.9 Å². The predicted molar refractivity (Wildman–Crippen MR) is 98.7 cm³/mol. The van der Waals surface area contributed by atoms with Gasteiger partial charge in [0.2, 0.25) is 5.91 Å². The Morgan fingerprint density at radius 2 is 2.03 bits per heavy atom. The molecule has 2 aromatic heterocycles. The Labute approximate surface area is 168 Å². The van der Waals surface area contributed by atoms with E-state index in [9.17, 15) is 18.0 Å². The molecule has 0 spiro atoms. The summed E-state index contributed by atoms with van der Waals surface area (Å²) in [6, 6.07) is 3.61. The van der Waals surface area contributed by atoms with Crippen LogP contribution >= 0.6 is 11.6 Å². The number of nitrogens with two attached hydrogens (primary N) is 1. The van der Waals surface area contributed by atoms with Gasteiger partial charge in [-0.05, 0) is 18.6 Å². The highest BCUT2D eigenvalue weighted by molar-refractivity contribution is 6.32. The minimum Gasteiger partial charge on any atom is -0.475 e. The molecule has 0 unspecified atom stereocenters. The van der Waals surface area contributed by atoms with Gasteiger partial charge in [0.05, 0.1) is 24.0 Å². The van der Waals surface area contributed by atoms with Crippen molar-refractivity contribution < 1.29 is 27.9 Å². The molecule has 8 nitrogen and oxygen atoms in total. The summed E-state index contributed by atoms with van der Waals surface area (Å²) in [5, 5.41) is 11.6.